The molecule has 104 valence electrons. The zero-order valence-corrected chi connectivity index (χ0v) is 11.7. The fraction of sp³-hybridized carbons (Fsp3) is 0.750. The van der Waals surface area contributed by atoms with E-state index in [9.17, 15) is 4.79 Å². The second-order valence-corrected chi connectivity index (χ2v) is 3.76. The molecule has 0 aromatic rings. The molecule has 0 aromatic carbocycles. The Kier molecular flexibility index (Phi) is 13.2. The first kappa shape index (κ1) is 23.4. The van der Waals surface area contributed by atoms with Gasteiger partial charge in [-0.25, -0.2) is 42.1 Å². The molecule has 1 aliphatic rings. The summed E-state index contributed by atoms with van der Waals surface area (Å²) in [5.74, 6) is 0. The molecule has 1 aliphatic heterocycles. The second-order valence-electron chi connectivity index (χ2n) is 2.25. The van der Waals surface area contributed by atoms with E-state index >= 15 is 0 Å². The van der Waals surface area contributed by atoms with E-state index in [1.54, 1.807) is 6.92 Å². The van der Waals surface area contributed by atoms with Gasteiger partial charge in [-0.15, -0.1) is 20.5 Å². The molecule has 0 amide bonds. The van der Waals surface area contributed by atoms with E-state index in [1.807, 2.05) is 0 Å². The molecule has 1 unspecified atom stereocenters. The van der Waals surface area contributed by atoms with Crippen molar-refractivity contribution >= 4 is 29.2 Å². The van der Waals surface area contributed by atoms with Crippen molar-refractivity contribution in [3.05, 3.63) is 0 Å². The minimum atomic E-state index is -4.94. The third-order valence-corrected chi connectivity index (χ3v) is 0.733. The molecule has 1 rings (SSSR count). The minimum Gasteiger partial charge on any atom is -0.430 e. The molecule has 0 radical (unpaired) electrons. The van der Waals surface area contributed by atoms with Crippen molar-refractivity contribution in [2.75, 3.05) is 6.61 Å². The topological polar surface area (TPSA) is 220 Å². The average molecular weight is 325 g/mol. The van der Waals surface area contributed by atoms with Gasteiger partial charge in [0.2, 0.25) is 0 Å². The van der Waals surface area contributed by atoms with Gasteiger partial charge in [0.1, 0.15) is 12.7 Å². The quantitative estimate of drug-likeness (QED) is 0.300. The van der Waals surface area contributed by atoms with Gasteiger partial charge in [0.15, 0.2) is 0 Å². The SMILES string of the molecule is CC1COC(=O)O1.[Mg+2].[O-][Cl+3]([O-])([O-])[O-].[O-][Cl+3]([O-])([O-])[O-]. The summed E-state index contributed by atoms with van der Waals surface area (Å²) >= 11 is 0. The average Bonchev–Trinajstić information content (AvgIpc) is 2.26. The van der Waals surface area contributed by atoms with Gasteiger partial charge in [0.05, 0.1) is 0 Å². The zero-order valence-electron chi connectivity index (χ0n) is 8.74. The number of hydrogen-bond acceptors (Lipinski definition) is 11. The Bertz CT molecular complexity index is 200. The number of cyclic esters (lactones) is 2. The number of rotatable bonds is 0. The van der Waals surface area contributed by atoms with E-state index in [2.05, 4.69) is 9.47 Å². The van der Waals surface area contributed by atoms with E-state index in [4.69, 9.17) is 37.3 Å². The van der Waals surface area contributed by atoms with Crippen LogP contribution in [0.4, 0.5) is 4.79 Å². The van der Waals surface area contributed by atoms with E-state index < -0.39 is 26.6 Å². The van der Waals surface area contributed by atoms with Gasteiger partial charge in [-0.2, -0.15) is 0 Å². The summed E-state index contributed by atoms with van der Waals surface area (Å²) in [4.78, 5) is 10.0. The van der Waals surface area contributed by atoms with Crippen LogP contribution in [0.3, 0.4) is 0 Å². The maximum absolute atomic E-state index is 10.0. The minimum absolute atomic E-state index is 0. The van der Waals surface area contributed by atoms with Crippen molar-refractivity contribution in [1.82, 2.24) is 0 Å². The Balaban J connectivity index is -0.000000188. The molecule has 14 heteroatoms. The Morgan fingerprint density at radius 2 is 1.28 bits per heavy atom. The zero-order chi connectivity index (χ0) is 14.3. The molecule has 1 atom stereocenters. The second kappa shape index (κ2) is 10.1. The van der Waals surface area contributed by atoms with Gasteiger partial charge in [0, 0.05) is 0 Å². The molecule has 1 heterocycles. The predicted octanol–water partition coefficient (Wildman–Crippen LogP) is -9.35. The fourth-order valence-corrected chi connectivity index (χ4v) is 0.418. The van der Waals surface area contributed by atoms with Gasteiger partial charge in [-0.05, 0) is 6.92 Å². The molecule has 18 heavy (non-hydrogen) atoms. The van der Waals surface area contributed by atoms with Crippen LogP contribution < -0.4 is 37.3 Å². The molecule has 1 saturated heterocycles. The standard InChI is InChI=1S/C4H6O3.2ClHO4.Mg/c1-3-2-6-4(5)7-3;2*2-1(3,4)5;/h3H,2H2,1H3;2*(H,2,3,4,5);/q;;;+2/p-2. The van der Waals surface area contributed by atoms with Gasteiger partial charge in [-0.1, -0.05) is 0 Å². The van der Waals surface area contributed by atoms with Crippen LogP contribution >= 0.6 is 0 Å². The predicted molar refractivity (Wildman–Crippen MR) is 27.6 cm³/mol. The van der Waals surface area contributed by atoms with Gasteiger partial charge >= 0.3 is 29.2 Å². The fourth-order valence-electron chi connectivity index (χ4n) is 0.418. The van der Waals surface area contributed by atoms with E-state index in [-0.39, 0.29) is 29.2 Å². The van der Waals surface area contributed by atoms with Crippen molar-refractivity contribution in [2.45, 2.75) is 13.0 Å². The maximum Gasteiger partial charge on any atom is 2.00 e. The summed E-state index contributed by atoms with van der Waals surface area (Å²) in [7, 11) is -9.89. The van der Waals surface area contributed by atoms with Crippen molar-refractivity contribution in [3.8, 4) is 0 Å². The molecular weight excluding hydrogens is 319 g/mol. The van der Waals surface area contributed by atoms with Crippen molar-refractivity contribution in [3.63, 3.8) is 0 Å². The number of halogens is 2. The van der Waals surface area contributed by atoms with Crippen LogP contribution in [0, 0.1) is 20.5 Å². The summed E-state index contributed by atoms with van der Waals surface area (Å²) in [5.41, 5.74) is 0. The van der Waals surface area contributed by atoms with Gasteiger partial charge < -0.3 is 9.47 Å². The molecule has 0 aliphatic carbocycles. The molecule has 11 nitrogen and oxygen atoms in total. The first-order valence-corrected chi connectivity index (χ1v) is 5.83. The number of ether oxygens (including phenoxy) is 2. The number of carbonyl (C=O) groups excluding carboxylic acids is 1. The van der Waals surface area contributed by atoms with Crippen LogP contribution in [0.25, 0.3) is 0 Å². The molecule has 0 saturated carbocycles. The first-order chi connectivity index (χ1) is 7.29. The van der Waals surface area contributed by atoms with Crippen LogP contribution in [-0.2, 0) is 9.47 Å². The third kappa shape index (κ3) is 44.1. The van der Waals surface area contributed by atoms with E-state index in [0.717, 1.165) is 0 Å². The van der Waals surface area contributed by atoms with E-state index in [1.165, 1.54) is 0 Å². The first-order valence-electron chi connectivity index (χ1n) is 3.36. The van der Waals surface area contributed by atoms with Crippen LogP contribution in [0.2, 0.25) is 0 Å². The normalized spacial score (nSPS) is 18.1. The monoisotopic (exact) mass is 324 g/mol. The van der Waals surface area contributed by atoms with Crippen LogP contribution in [0.1, 0.15) is 6.92 Å². The Hall–Kier alpha value is 0.296. The smallest absolute Gasteiger partial charge is 0.430 e. The van der Waals surface area contributed by atoms with Gasteiger partial charge in [-0.3, -0.25) is 0 Å². The van der Waals surface area contributed by atoms with Crippen molar-refractivity contribution < 1.29 is 72.0 Å². The Morgan fingerprint density at radius 1 is 1.00 bits per heavy atom. The number of carbonyl (C=O) groups is 1. The van der Waals surface area contributed by atoms with Crippen LogP contribution in [-0.4, -0.2) is 41.9 Å². The summed E-state index contributed by atoms with van der Waals surface area (Å²) < 4.78 is 76.8. The summed E-state index contributed by atoms with van der Waals surface area (Å²) in [5, 5.41) is 0. The van der Waals surface area contributed by atoms with E-state index in [0.29, 0.717) is 6.61 Å². The summed E-state index contributed by atoms with van der Waals surface area (Å²) in [6, 6.07) is 0. The maximum atomic E-state index is 10.0. The molecule has 1 fully saturated rings. The molecule has 0 N–H and O–H groups in total. The molecule has 0 bridgehead atoms. The van der Waals surface area contributed by atoms with Gasteiger partial charge in [0.25, 0.3) is 0 Å². The largest absolute Gasteiger partial charge is 2.00 e. The third-order valence-electron chi connectivity index (χ3n) is 0.733. The molecule has 0 aromatic heterocycles. The van der Waals surface area contributed by atoms with Crippen molar-refractivity contribution in [1.29, 1.82) is 0 Å². The van der Waals surface area contributed by atoms with Crippen molar-refractivity contribution in [2.24, 2.45) is 0 Å². The number of hydrogen-bond donors (Lipinski definition) is 0. The Labute approximate surface area is 121 Å². The summed E-state index contributed by atoms with van der Waals surface area (Å²) in [6.07, 6.45) is -0.597. The van der Waals surface area contributed by atoms with Crippen LogP contribution in [0.15, 0.2) is 0 Å². The Morgan fingerprint density at radius 3 is 1.33 bits per heavy atom. The summed E-state index contributed by atoms with van der Waals surface area (Å²) in [6.45, 7) is 2.18. The molecular formula is C4H6Cl2MgO11. The molecule has 0 spiro atoms. The van der Waals surface area contributed by atoms with Crippen LogP contribution in [0.5, 0.6) is 0 Å².